The van der Waals surface area contributed by atoms with Crippen LogP contribution in [0.5, 0.6) is 0 Å². The lowest BCUT2D eigenvalue weighted by atomic mass is 9.99. The van der Waals surface area contributed by atoms with E-state index in [0.717, 1.165) is 10.5 Å². The fourth-order valence-electron chi connectivity index (χ4n) is 3.22. The summed E-state index contributed by atoms with van der Waals surface area (Å²) in [5.74, 6) is 0. The minimum Gasteiger partial charge on any atom is -0.357 e. The van der Waals surface area contributed by atoms with Gasteiger partial charge in [0.05, 0.1) is 12.6 Å². The molecule has 0 aliphatic carbocycles. The Morgan fingerprint density at radius 3 is 2.50 bits per heavy atom. The average Bonchev–Trinajstić information content (AvgIpc) is 2.68. The number of thioether (sulfide) groups is 1. The van der Waals surface area contributed by atoms with Crippen LogP contribution in [0, 0.1) is 6.92 Å². The lowest BCUT2D eigenvalue weighted by Gasteiger charge is -2.46. The Hall–Kier alpha value is -1.44. The van der Waals surface area contributed by atoms with Crippen molar-refractivity contribution >= 4 is 11.8 Å². The van der Waals surface area contributed by atoms with Crippen LogP contribution < -0.4 is 5.73 Å². The number of alkyl halides is 1. The molecule has 26 heavy (non-hydrogen) atoms. The van der Waals surface area contributed by atoms with Crippen molar-refractivity contribution in [3.05, 3.63) is 65.7 Å². The standard InChI is InChI=1S/C20H22FNO3S/c1-12-7-9-14(10-8-12)26-20-17(22)16(21)18-15(24-20)11-23-19(25-18)13-5-3-2-4-6-13/h2-10,15-20H,11,22H2,1H3/t15-,16-,17-,18-,19?,20+/m1/s1. The molecule has 4 rings (SSSR count). The first-order valence-corrected chi connectivity index (χ1v) is 9.60. The van der Waals surface area contributed by atoms with Crippen LogP contribution in [0.1, 0.15) is 17.4 Å². The minimum absolute atomic E-state index is 0.280. The van der Waals surface area contributed by atoms with E-state index >= 15 is 4.39 Å². The van der Waals surface area contributed by atoms with Gasteiger partial charge in [-0.2, -0.15) is 0 Å². The fourth-order valence-corrected chi connectivity index (χ4v) is 4.28. The van der Waals surface area contributed by atoms with E-state index in [4.69, 9.17) is 19.9 Å². The van der Waals surface area contributed by atoms with Gasteiger partial charge >= 0.3 is 0 Å². The van der Waals surface area contributed by atoms with Gasteiger partial charge in [-0.3, -0.25) is 0 Å². The Morgan fingerprint density at radius 1 is 1.04 bits per heavy atom. The zero-order chi connectivity index (χ0) is 18.1. The van der Waals surface area contributed by atoms with Gasteiger partial charge in [0.1, 0.15) is 23.8 Å². The highest BCUT2D eigenvalue weighted by molar-refractivity contribution is 7.99. The highest BCUT2D eigenvalue weighted by Crippen LogP contribution is 2.39. The number of fused-ring (bicyclic) bond motifs is 1. The number of hydrogen-bond donors (Lipinski definition) is 1. The third-order valence-electron chi connectivity index (χ3n) is 4.71. The van der Waals surface area contributed by atoms with Crippen molar-refractivity contribution in [3.8, 4) is 0 Å². The van der Waals surface area contributed by atoms with Crippen molar-refractivity contribution in [2.45, 2.75) is 48.0 Å². The molecule has 0 radical (unpaired) electrons. The highest BCUT2D eigenvalue weighted by Gasteiger charge is 2.49. The molecule has 1 unspecified atom stereocenters. The Bertz CT molecular complexity index is 728. The third kappa shape index (κ3) is 3.66. The first-order valence-electron chi connectivity index (χ1n) is 8.72. The van der Waals surface area contributed by atoms with Crippen molar-refractivity contribution in [2.24, 2.45) is 5.73 Å². The van der Waals surface area contributed by atoms with Crippen molar-refractivity contribution in [3.63, 3.8) is 0 Å². The van der Waals surface area contributed by atoms with Gasteiger partial charge in [0.25, 0.3) is 0 Å². The van der Waals surface area contributed by atoms with E-state index in [1.54, 1.807) is 0 Å². The van der Waals surface area contributed by atoms with Crippen LogP contribution in [0.4, 0.5) is 4.39 Å². The highest BCUT2D eigenvalue weighted by atomic mass is 32.2. The second-order valence-corrected chi connectivity index (χ2v) is 7.84. The normalized spacial score (nSPS) is 34.3. The number of hydrogen-bond acceptors (Lipinski definition) is 5. The van der Waals surface area contributed by atoms with Gasteiger partial charge in [0.15, 0.2) is 6.29 Å². The molecule has 2 aromatic rings. The van der Waals surface area contributed by atoms with E-state index in [0.29, 0.717) is 0 Å². The molecular weight excluding hydrogens is 353 g/mol. The molecule has 0 bridgehead atoms. The zero-order valence-electron chi connectivity index (χ0n) is 14.5. The van der Waals surface area contributed by atoms with Crippen LogP contribution >= 0.6 is 11.8 Å². The Balaban J connectivity index is 1.45. The molecular formula is C20H22FNO3S. The van der Waals surface area contributed by atoms with Gasteiger partial charge in [-0.15, -0.1) is 0 Å². The number of halogens is 1. The number of ether oxygens (including phenoxy) is 3. The lowest BCUT2D eigenvalue weighted by Crippen LogP contribution is -2.62. The van der Waals surface area contributed by atoms with Crippen LogP contribution in [0.15, 0.2) is 59.5 Å². The van der Waals surface area contributed by atoms with E-state index in [2.05, 4.69) is 0 Å². The van der Waals surface area contributed by atoms with Crippen molar-refractivity contribution in [1.29, 1.82) is 0 Å². The number of rotatable bonds is 3. The van der Waals surface area contributed by atoms with Gasteiger partial charge < -0.3 is 19.9 Å². The molecule has 2 aliphatic heterocycles. The summed E-state index contributed by atoms with van der Waals surface area (Å²) < 4.78 is 32.7. The average molecular weight is 375 g/mol. The van der Waals surface area contributed by atoms with E-state index in [1.807, 2.05) is 61.5 Å². The molecule has 2 aliphatic rings. The number of aryl methyl sites for hydroxylation is 1. The van der Waals surface area contributed by atoms with Crippen molar-refractivity contribution in [2.75, 3.05) is 6.61 Å². The second-order valence-electron chi connectivity index (χ2n) is 6.67. The van der Waals surface area contributed by atoms with E-state index in [-0.39, 0.29) is 6.61 Å². The topological polar surface area (TPSA) is 53.7 Å². The predicted molar refractivity (Wildman–Crippen MR) is 98.6 cm³/mol. The SMILES string of the molecule is Cc1ccc(S[C@@H]2O[C@@H]3COC(c4ccccc4)O[C@H]3[C@H](F)[C@H]2N)cc1. The van der Waals surface area contributed by atoms with Crippen LogP contribution in [0.3, 0.4) is 0 Å². The molecule has 0 amide bonds. The molecule has 2 heterocycles. The van der Waals surface area contributed by atoms with Gasteiger partial charge in [0.2, 0.25) is 0 Å². The molecule has 2 saturated heterocycles. The maximum absolute atomic E-state index is 15.0. The summed E-state index contributed by atoms with van der Waals surface area (Å²) in [5.41, 5.74) is 7.71. The largest absolute Gasteiger partial charge is 0.357 e. The van der Waals surface area contributed by atoms with Crippen molar-refractivity contribution < 1.29 is 18.6 Å². The number of benzene rings is 2. The Morgan fingerprint density at radius 2 is 1.77 bits per heavy atom. The van der Waals surface area contributed by atoms with Gasteiger partial charge in [-0.05, 0) is 19.1 Å². The van der Waals surface area contributed by atoms with Crippen LogP contribution in [0.2, 0.25) is 0 Å². The summed E-state index contributed by atoms with van der Waals surface area (Å²) in [6.07, 6.45) is -3.09. The first-order chi connectivity index (χ1) is 12.6. The molecule has 0 spiro atoms. The molecule has 0 aromatic heterocycles. The van der Waals surface area contributed by atoms with Gasteiger partial charge in [-0.1, -0.05) is 59.8 Å². The monoisotopic (exact) mass is 375 g/mol. The Labute approximate surface area is 156 Å². The molecule has 6 atom stereocenters. The molecule has 138 valence electrons. The zero-order valence-corrected chi connectivity index (χ0v) is 15.3. The molecule has 2 fully saturated rings. The maximum Gasteiger partial charge on any atom is 0.184 e. The van der Waals surface area contributed by atoms with Crippen LogP contribution in [-0.4, -0.2) is 36.5 Å². The quantitative estimate of drug-likeness (QED) is 0.889. The van der Waals surface area contributed by atoms with Crippen molar-refractivity contribution in [1.82, 2.24) is 0 Å². The van der Waals surface area contributed by atoms with Gasteiger partial charge in [0, 0.05) is 10.5 Å². The second kappa shape index (κ2) is 7.66. The van der Waals surface area contributed by atoms with E-state index < -0.39 is 36.1 Å². The van der Waals surface area contributed by atoms with E-state index in [1.165, 1.54) is 17.3 Å². The minimum atomic E-state index is -1.31. The molecule has 4 nitrogen and oxygen atoms in total. The number of nitrogens with two attached hydrogens (primary N) is 1. The molecule has 2 N–H and O–H groups in total. The predicted octanol–water partition coefficient (Wildman–Crippen LogP) is 3.59. The summed E-state index contributed by atoms with van der Waals surface area (Å²) in [5, 5.41) is 0. The summed E-state index contributed by atoms with van der Waals surface area (Å²) >= 11 is 1.44. The Kier molecular flexibility index (Phi) is 5.29. The van der Waals surface area contributed by atoms with Gasteiger partial charge in [-0.25, -0.2) is 4.39 Å². The third-order valence-corrected chi connectivity index (χ3v) is 5.91. The van der Waals surface area contributed by atoms with Crippen LogP contribution in [-0.2, 0) is 14.2 Å². The lowest BCUT2D eigenvalue weighted by molar-refractivity contribution is -0.297. The summed E-state index contributed by atoms with van der Waals surface area (Å²) in [7, 11) is 0. The maximum atomic E-state index is 15.0. The first kappa shape index (κ1) is 17.9. The summed E-state index contributed by atoms with van der Waals surface area (Å²) in [6, 6.07) is 16.8. The summed E-state index contributed by atoms with van der Waals surface area (Å²) in [6.45, 7) is 2.31. The summed E-state index contributed by atoms with van der Waals surface area (Å²) in [4.78, 5) is 1.00. The smallest absolute Gasteiger partial charge is 0.184 e. The van der Waals surface area contributed by atoms with E-state index in [9.17, 15) is 0 Å². The molecule has 0 saturated carbocycles. The fraction of sp³-hybridized carbons (Fsp3) is 0.400. The molecule has 6 heteroatoms. The molecule has 2 aromatic carbocycles. The van der Waals surface area contributed by atoms with Crippen LogP contribution in [0.25, 0.3) is 0 Å².